The molecule has 7 nitrogen and oxygen atoms in total. The van der Waals surface area contributed by atoms with Crippen LogP contribution in [-0.4, -0.2) is 22.6 Å². The summed E-state index contributed by atoms with van der Waals surface area (Å²) in [6.07, 6.45) is 1.35. The molecule has 0 aliphatic heterocycles. The lowest BCUT2D eigenvalue weighted by atomic mass is 10.2. The van der Waals surface area contributed by atoms with Crippen LogP contribution in [0.25, 0.3) is 10.9 Å². The Kier molecular flexibility index (Phi) is 4.15. The molecule has 24 heavy (non-hydrogen) atoms. The van der Waals surface area contributed by atoms with Gasteiger partial charge in [0.25, 0.3) is 5.56 Å². The van der Waals surface area contributed by atoms with Crippen molar-refractivity contribution in [3.8, 4) is 5.75 Å². The minimum absolute atomic E-state index is 0.158. The minimum atomic E-state index is -0.355. The van der Waals surface area contributed by atoms with Crippen molar-refractivity contribution < 1.29 is 9.53 Å². The van der Waals surface area contributed by atoms with Gasteiger partial charge in [0.2, 0.25) is 5.91 Å². The lowest BCUT2D eigenvalue weighted by Crippen LogP contribution is -2.28. The van der Waals surface area contributed by atoms with Crippen LogP contribution in [0, 0.1) is 0 Å². The number of hydrogen-bond acceptors (Lipinski definition) is 5. The van der Waals surface area contributed by atoms with Gasteiger partial charge in [0.1, 0.15) is 12.3 Å². The molecule has 1 aromatic heterocycles. The molecule has 1 heterocycles. The number of nitrogens with one attached hydrogen (secondary N) is 1. The molecule has 3 rings (SSSR count). The van der Waals surface area contributed by atoms with E-state index in [2.05, 4.69) is 10.3 Å². The van der Waals surface area contributed by atoms with Crippen LogP contribution in [0.1, 0.15) is 0 Å². The zero-order chi connectivity index (χ0) is 17.1. The molecule has 0 bridgehead atoms. The van der Waals surface area contributed by atoms with Crippen molar-refractivity contribution in [2.75, 3.05) is 18.2 Å². The van der Waals surface area contributed by atoms with Crippen molar-refractivity contribution >= 4 is 28.2 Å². The zero-order valence-corrected chi connectivity index (χ0v) is 13.0. The SMILES string of the molecule is COc1ccccc1NC(=O)Cn1cnc2ccc(N)cc2c1=O. The third kappa shape index (κ3) is 3.05. The lowest BCUT2D eigenvalue weighted by Gasteiger charge is -2.11. The van der Waals surface area contributed by atoms with E-state index in [1.165, 1.54) is 18.0 Å². The topological polar surface area (TPSA) is 99.2 Å². The highest BCUT2D eigenvalue weighted by Crippen LogP contribution is 2.22. The maximum Gasteiger partial charge on any atom is 0.261 e. The molecule has 2 aromatic carbocycles. The Morgan fingerprint density at radius 3 is 2.88 bits per heavy atom. The number of amides is 1. The number of ether oxygens (including phenoxy) is 1. The predicted octanol–water partition coefficient (Wildman–Crippen LogP) is 1.63. The van der Waals surface area contributed by atoms with Crippen molar-refractivity contribution in [1.29, 1.82) is 0 Å². The molecular formula is C17H16N4O3. The maximum absolute atomic E-state index is 12.5. The van der Waals surface area contributed by atoms with Crippen LogP contribution in [-0.2, 0) is 11.3 Å². The first-order valence-corrected chi connectivity index (χ1v) is 7.26. The number of nitrogen functional groups attached to an aromatic ring is 1. The van der Waals surface area contributed by atoms with Crippen LogP contribution in [0.3, 0.4) is 0 Å². The summed E-state index contributed by atoms with van der Waals surface area (Å²) in [4.78, 5) is 28.9. The van der Waals surface area contributed by atoms with Crippen LogP contribution in [0.5, 0.6) is 5.75 Å². The van der Waals surface area contributed by atoms with Crippen LogP contribution in [0.2, 0.25) is 0 Å². The van der Waals surface area contributed by atoms with E-state index in [9.17, 15) is 9.59 Å². The summed E-state index contributed by atoms with van der Waals surface area (Å²) in [5.74, 6) is 0.189. The second-order valence-corrected chi connectivity index (χ2v) is 5.20. The first-order valence-electron chi connectivity index (χ1n) is 7.26. The van der Waals surface area contributed by atoms with E-state index in [4.69, 9.17) is 10.5 Å². The molecule has 0 aliphatic rings. The number of aromatic nitrogens is 2. The Labute approximate surface area is 137 Å². The number of nitrogens with two attached hydrogens (primary N) is 1. The van der Waals surface area contributed by atoms with Gasteiger partial charge in [-0.2, -0.15) is 0 Å². The second-order valence-electron chi connectivity index (χ2n) is 5.20. The summed E-state index contributed by atoms with van der Waals surface area (Å²) < 4.78 is 6.42. The van der Waals surface area contributed by atoms with Crippen LogP contribution in [0.4, 0.5) is 11.4 Å². The summed E-state index contributed by atoms with van der Waals surface area (Å²) >= 11 is 0. The Balaban J connectivity index is 1.85. The normalized spacial score (nSPS) is 10.5. The molecule has 7 heteroatoms. The van der Waals surface area contributed by atoms with Crippen molar-refractivity contribution in [1.82, 2.24) is 9.55 Å². The summed E-state index contributed by atoms with van der Waals surface area (Å²) in [5, 5.41) is 3.10. The highest BCUT2D eigenvalue weighted by molar-refractivity contribution is 5.92. The molecule has 3 aromatic rings. The van der Waals surface area contributed by atoms with E-state index in [0.717, 1.165) is 0 Å². The molecule has 0 unspecified atom stereocenters. The van der Waals surface area contributed by atoms with Gasteiger partial charge < -0.3 is 15.8 Å². The molecule has 0 spiro atoms. The Bertz CT molecular complexity index is 965. The molecule has 0 fully saturated rings. The quantitative estimate of drug-likeness (QED) is 0.711. The van der Waals surface area contributed by atoms with Gasteiger partial charge >= 0.3 is 0 Å². The number of hydrogen-bond donors (Lipinski definition) is 2. The van der Waals surface area contributed by atoms with E-state index in [0.29, 0.717) is 28.0 Å². The Hall–Kier alpha value is -3.35. The smallest absolute Gasteiger partial charge is 0.261 e. The van der Waals surface area contributed by atoms with Crippen molar-refractivity contribution in [2.45, 2.75) is 6.54 Å². The molecule has 0 saturated heterocycles. The van der Waals surface area contributed by atoms with Crippen molar-refractivity contribution in [3.63, 3.8) is 0 Å². The number of methoxy groups -OCH3 is 1. The number of benzene rings is 2. The summed E-state index contributed by atoms with van der Waals surface area (Å²) in [5.41, 5.74) is 6.94. The molecule has 3 N–H and O–H groups in total. The number of nitrogens with zero attached hydrogens (tertiary/aromatic N) is 2. The van der Waals surface area contributed by atoms with Crippen molar-refractivity contribution in [2.24, 2.45) is 0 Å². The average Bonchev–Trinajstić information content (AvgIpc) is 2.58. The van der Waals surface area contributed by atoms with Gasteiger partial charge in [0.15, 0.2) is 0 Å². The number of anilines is 2. The average molecular weight is 324 g/mol. The summed E-state index contributed by atoms with van der Waals surface area (Å²) in [6, 6.07) is 11.9. The fourth-order valence-corrected chi connectivity index (χ4v) is 2.38. The van der Waals surface area contributed by atoms with E-state index in [-0.39, 0.29) is 18.0 Å². The van der Waals surface area contributed by atoms with Gasteiger partial charge in [0.05, 0.1) is 30.0 Å². The monoisotopic (exact) mass is 324 g/mol. The standard InChI is InChI=1S/C17H16N4O3/c1-24-15-5-3-2-4-14(15)20-16(22)9-21-10-19-13-7-6-11(18)8-12(13)17(21)23/h2-8,10H,9,18H2,1H3,(H,20,22). The van der Waals surface area contributed by atoms with Crippen LogP contribution >= 0.6 is 0 Å². The largest absolute Gasteiger partial charge is 0.495 e. The number of carbonyl (C=O) groups is 1. The number of carbonyl (C=O) groups excluding carboxylic acids is 1. The first-order chi connectivity index (χ1) is 11.6. The number of para-hydroxylation sites is 2. The lowest BCUT2D eigenvalue weighted by molar-refractivity contribution is -0.116. The fraction of sp³-hybridized carbons (Fsp3) is 0.118. The summed E-state index contributed by atoms with van der Waals surface area (Å²) in [6.45, 7) is -0.158. The molecular weight excluding hydrogens is 308 g/mol. The number of rotatable bonds is 4. The van der Waals surface area contributed by atoms with Crippen LogP contribution in [0.15, 0.2) is 53.6 Å². The second kappa shape index (κ2) is 6.41. The van der Waals surface area contributed by atoms with Gasteiger partial charge in [-0.3, -0.25) is 14.2 Å². The van der Waals surface area contributed by atoms with Gasteiger partial charge in [-0.1, -0.05) is 12.1 Å². The van der Waals surface area contributed by atoms with E-state index in [1.54, 1.807) is 42.5 Å². The van der Waals surface area contributed by atoms with Gasteiger partial charge in [-0.15, -0.1) is 0 Å². The van der Waals surface area contributed by atoms with Crippen LogP contribution < -0.4 is 21.3 Å². The number of fused-ring (bicyclic) bond motifs is 1. The fourth-order valence-electron chi connectivity index (χ4n) is 2.38. The third-order valence-corrected chi connectivity index (χ3v) is 3.54. The van der Waals surface area contributed by atoms with Gasteiger partial charge in [0, 0.05) is 5.69 Å². The van der Waals surface area contributed by atoms with Gasteiger partial charge in [-0.05, 0) is 30.3 Å². The molecule has 0 saturated carbocycles. The zero-order valence-electron chi connectivity index (χ0n) is 13.0. The van der Waals surface area contributed by atoms with E-state index in [1.807, 2.05) is 0 Å². The molecule has 0 radical (unpaired) electrons. The maximum atomic E-state index is 12.5. The Morgan fingerprint density at radius 2 is 2.08 bits per heavy atom. The Morgan fingerprint density at radius 1 is 1.29 bits per heavy atom. The third-order valence-electron chi connectivity index (χ3n) is 3.54. The van der Waals surface area contributed by atoms with Gasteiger partial charge in [-0.25, -0.2) is 4.98 Å². The molecule has 1 amide bonds. The van der Waals surface area contributed by atoms with E-state index >= 15 is 0 Å². The highest BCUT2D eigenvalue weighted by Gasteiger charge is 2.10. The predicted molar refractivity (Wildman–Crippen MR) is 92.0 cm³/mol. The summed E-state index contributed by atoms with van der Waals surface area (Å²) in [7, 11) is 1.52. The molecule has 122 valence electrons. The highest BCUT2D eigenvalue weighted by atomic mass is 16.5. The minimum Gasteiger partial charge on any atom is -0.495 e. The first kappa shape index (κ1) is 15.5. The van der Waals surface area contributed by atoms with Crippen molar-refractivity contribution in [3.05, 3.63) is 59.1 Å². The van der Waals surface area contributed by atoms with E-state index < -0.39 is 0 Å². The molecule has 0 atom stereocenters. The molecule has 0 aliphatic carbocycles.